The van der Waals surface area contributed by atoms with Gasteiger partial charge in [-0.2, -0.15) is 0 Å². The summed E-state index contributed by atoms with van der Waals surface area (Å²) in [5.74, 6) is -1.86. The first-order valence-electron chi connectivity index (χ1n) is 7.20. The number of rotatable bonds is 2. The Hall–Kier alpha value is -2.63. The van der Waals surface area contributed by atoms with E-state index in [0.29, 0.717) is 24.9 Å². The number of hydrogen-bond acceptors (Lipinski definition) is 3. The first kappa shape index (κ1) is 14.3. The van der Waals surface area contributed by atoms with Crippen LogP contribution in [0, 0.1) is 5.92 Å². The molecule has 2 heterocycles. The van der Waals surface area contributed by atoms with Crippen molar-refractivity contribution in [1.29, 1.82) is 0 Å². The molecule has 1 amide bonds. The third-order valence-corrected chi connectivity index (χ3v) is 4.04. The summed E-state index contributed by atoms with van der Waals surface area (Å²) in [4.78, 5) is 39.9. The van der Waals surface area contributed by atoms with Gasteiger partial charge in [0.2, 0.25) is 0 Å². The van der Waals surface area contributed by atoms with Gasteiger partial charge in [-0.25, -0.2) is 0 Å². The maximum absolute atomic E-state index is 12.5. The second kappa shape index (κ2) is 5.63. The Labute approximate surface area is 126 Å². The van der Waals surface area contributed by atoms with Crippen LogP contribution in [0.1, 0.15) is 23.2 Å². The summed E-state index contributed by atoms with van der Waals surface area (Å²) in [6.45, 7) is 0.634. The predicted molar refractivity (Wildman–Crippen MR) is 80.8 cm³/mol. The Morgan fingerprint density at radius 3 is 2.82 bits per heavy atom. The molecule has 0 spiro atoms. The van der Waals surface area contributed by atoms with E-state index >= 15 is 0 Å². The molecule has 2 aromatic rings. The zero-order valence-electron chi connectivity index (χ0n) is 11.9. The molecule has 1 atom stereocenters. The van der Waals surface area contributed by atoms with Crippen LogP contribution in [0.15, 0.2) is 35.1 Å². The molecule has 1 fully saturated rings. The standard InChI is InChI=1S/C16H16N2O4/c19-14-12(8-10-4-1-2-6-13(10)17-14)15(20)18-7-3-5-11(9-18)16(21)22/h1-2,4,6,8,11H,3,5,7,9H2,(H,17,19)(H,21,22). The van der Waals surface area contributed by atoms with Gasteiger partial charge in [0, 0.05) is 18.6 Å². The zero-order chi connectivity index (χ0) is 15.7. The van der Waals surface area contributed by atoms with Gasteiger partial charge in [0.05, 0.1) is 5.92 Å². The normalized spacial score (nSPS) is 18.4. The second-order valence-electron chi connectivity index (χ2n) is 5.53. The highest BCUT2D eigenvalue weighted by Crippen LogP contribution is 2.19. The fourth-order valence-electron chi connectivity index (χ4n) is 2.84. The van der Waals surface area contributed by atoms with Crippen LogP contribution in [0.4, 0.5) is 0 Å². The molecule has 1 aliphatic heterocycles. The number of carbonyl (C=O) groups excluding carboxylic acids is 1. The number of benzene rings is 1. The monoisotopic (exact) mass is 300 g/mol. The molecule has 1 aliphatic rings. The number of carboxylic acid groups (broad SMARTS) is 1. The van der Waals surface area contributed by atoms with Crippen molar-refractivity contribution in [2.75, 3.05) is 13.1 Å². The largest absolute Gasteiger partial charge is 0.481 e. The van der Waals surface area contributed by atoms with Gasteiger partial charge in [0.15, 0.2) is 0 Å². The number of carbonyl (C=O) groups is 2. The summed E-state index contributed by atoms with van der Waals surface area (Å²) < 4.78 is 0. The van der Waals surface area contributed by atoms with Crippen LogP contribution < -0.4 is 5.56 Å². The number of para-hydroxylation sites is 1. The van der Waals surface area contributed by atoms with Gasteiger partial charge < -0.3 is 15.0 Å². The number of nitrogens with one attached hydrogen (secondary N) is 1. The van der Waals surface area contributed by atoms with Gasteiger partial charge in [-0.1, -0.05) is 18.2 Å². The third kappa shape index (κ3) is 2.59. The van der Waals surface area contributed by atoms with Gasteiger partial charge in [-0.3, -0.25) is 14.4 Å². The predicted octanol–water partition coefficient (Wildman–Crippen LogP) is 1.46. The van der Waals surface area contributed by atoms with E-state index in [9.17, 15) is 14.4 Å². The molecule has 0 radical (unpaired) electrons. The lowest BCUT2D eigenvalue weighted by Crippen LogP contribution is -2.43. The number of aliphatic carboxylic acids is 1. The molecule has 6 nitrogen and oxygen atoms in total. The molecule has 0 aliphatic carbocycles. The van der Waals surface area contributed by atoms with Crippen molar-refractivity contribution in [3.8, 4) is 0 Å². The Morgan fingerprint density at radius 1 is 1.27 bits per heavy atom. The van der Waals surface area contributed by atoms with E-state index in [0.717, 1.165) is 5.39 Å². The highest BCUT2D eigenvalue weighted by Gasteiger charge is 2.29. The van der Waals surface area contributed by atoms with Crippen LogP contribution in [0.25, 0.3) is 10.9 Å². The quantitative estimate of drug-likeness (QED) is 0.878. The van der Waals surface area contributed by atoms with E-state index in [1.807, 2.05) is 18.2 Å². The number of fused-ring (bicyclic) bond motifs is 1. The van der Waals surface area contributed by atoms with Gasteiger partial charge in [-0.15, -0.1) is 0 Å². The minimum absolute atomic E-state index is 0.0599. The summed E-state index contributed by atoms with van der Waals surface area (Å²) in [5.41, 5.74) is 0.289. The van der Waals surface area contributed by atoms with Crippen LogP contribution >= 0.6 is 0 Å². The Balaban J connectivity index is 1.93. The average Bonchev–Trinajstić information content (AvgIpc) is 2.53. The van der Waals surface area contributed by atoms with E-state index in [1.54, 1.807) is 12.1 Å². The first-order valence-corrected chi connectivity index (χ1v) is 7.20. The number of piperidine rings is 1. The molecule has 1 unspecified atom stereocenters. The number of hydrogen-bond donors (Lipinski definition) is 2. The number of pyridine rings is 1. The molecular weight excluding hydrogens is 284 g/mol. The van der Waals surface area contributed by atoms with Crippen LogP contribution in [-0.2, 0) is 4.79 Å². The van der Waals surface area contributed by atoms with E-state index in [4.69, 9.17) is 5.11 Å². The Kier molecular flexibility index (Phi) is 3.66. The smallest absolute Gasteiger partial charge is 0.308 e. The van der Waals surface area contributed by atoms with Crippen molar-refractivity contribution < 1.29 is 14.7 Å². The third-order valence-electron chi connectivity index (χ3n) is 4.04. The molecular formula is C16H16N2O4. The van der Waals surface area contributed by atoms with Crippen molar-refractivity contribution >= 4 is 22.8 Å². The molecule has 22 heavy (non-hydrogen) atoms. The Morgan fingerprint density at radius 2 is 2.05 bits per heavy atom. The molecule has 114 valence electrons. The fraction of sp³-hybridized carbons (Fsp3) is 0.312. The molecule has 1 aromatic heterocycles. The van der Waals surface area contributed by atoms with E-state index in [1.165, 1.54) is 4.90 Å². The summed E-state index contributed by atoms with van der Waals surface area (Å²) in [6.07, 6.45) is 1.20. The number of carboxylic acids is 1. The molecule has 0 bridgehead atoms. The number of likely N-dealkylation sites (tertiary alicyclic amines) is 1. The van der Waals surface area contributed by atoms with E-state index in [-0.39, 0.29) is 12.1 Å². The average molecular weight is 300 g/mol. The number of H-pyrrole nitrogens is 1. The summed E-state index contributed by atoms with van der Waals surface area (Å²) >= 11 is 0. The van der Waals surface area contributed by atoms with Gasteiger partial charge in [0.1, 0.15) is 5.56 Å². The lowest BCUT2D eigenvalue weighted by atomic mass is 9.97. The lowest BCUT2D eigenvalue weighted by molar-refractivity contribution is -0.143. The second-order valence-corrected chi connectivity index (χ2v) is 5.53. The SMILES string of the molecule is O=C(O)C1CCCN(C(=O)c2cc3ccccc3[nH]c2=O)C1. The highest BCUT2D eigenvalue weighted by atomic mass is 16.4. The number of aromatic nitrogens is 1. The molecule has 0 saturated carbocycles. The van der Waals surface area contributed by atoms with Crippen molar-refractivity contribution in [3.63, 3.8) is 0 Å². The van der Waals surface area contributed by atoms with Gasteiger partial charge in [0.25, 0.3) is 11.5 Å². The first-order chi connectivity index (χ1) is 10.6. The van der Waals surface area contributed by atoms with Crippen molar-refractivity contribution in [3.05, 3.63) is 46.2 Å². The van der Waals surface area contributed by atoms with Crippen LogP contribution in [0.2, 0.25) is 0 Å². The van der Waals surface area contributed by atoms with E-state index < -0.39 is 23.4 Å². The van der Waals surface area contributed by atoms with Gasteiger partial charge >= 0.3 is 5.97 Å². The minimum atomic E-state index is -0.898. The summed E-state index contributed by atoms with van der Waals surface area (Å²) in [7, 11) is 0. The zero-order valence-corrected chi connectivity index (χ0v) is 11.9. The lowest BCUT2D eigenvalue weighted by Gasteiger charge is -2.30. The van der Waals surface area contributed by atoms with Gasteiger partial charge in [-0.05, 0) is 30.4 Å². The number of nitrogens with zero attached hydrogens (tertiary/aromatic N) is 1. The van der Waals surface area contributed by atoms with Crippen LogP contribution in [0.3, 0.4) is 0 Å². The molecule has 3 rings (SSSR count). The van der Waals surface area contributed by atoms with Crippen LogP contribution in [0.5, 0.6) is 0 Å². The molecule has 1 saturated heterocycles. The maximum Gasteiger partial charge on any atom is 0.308 e. The molecule has 6 heteroatoms. The minimum Gasteiger partial charge on any atom is -0.481 e. The molecule has 1 aromatic carbocycles. The fourth-order valence-corrected chi connectivity index (χ4v) is 2.84. The van der Waals surface area contributed by atoms with Crippen molar-refractivity contribution in [1.82, 2.24) is 9.88 Å². The number of aromatic amines is 1. The van der Waals surface area contributed by atoms with Crippen molar-refractivity contribution in [2.24, 2.45) is 5.92 Å². The van der Waals surface area contributed by atoms with Crippen LogP contribution in [-0.4, -0.2) is 40.0 Å². The maximum atomic E-state index is 12.5. The topological polar surface area (TPSA) is 90.5 Å². The molecule has 2 N–H and O–H groups in total. The van der Waals surface area contributed by atoms with Crippen molar-refractivity contribution in [2.45, 2.75) is 12.8 Å². The van der Waals surface area contributed by atoms with E-state index in [2.05, 4.69) is 4.98 Å². The summed E-state index contributed by atoms with van der Waals surface area (Å²) in [6, 6.07) is 8.80. The highest BCUT2D eigenvalue weighted by molar-refractivity contribution is 5.97. The number of amides is 1. The Bertz CT molecular complexity index is 796. The summed E-state index contributed by atoms with van der Waals surface area (Å²) in [5, 5.41) is 9.87.